The van der Waals surface area contributed by atoms with Gasteiger partial charge in [0.2, 0.25) is 0 Å². The van der Waals surface area contributed by atoms with Crippen LogP contribution in [0.1, 0.15) is 20.9 Å². The fraction of sp³-hybridized carbons (Fsp3) is 0.333. The Morgan fingerprint density at radius 1 is 1.08 bits per heavy atom. The van der Waals surface area contributed by atoms with E-state index < -0.39 is 5.91 Å². The number of para-hydroxylation sites is 1. The molecule has 3 rings (SSSR count). The summed E-state index contributed by atoms with van der Waals surface area (Å²) in [5.74, 6) is -0.474. The van der Waals surface area contributed by atoms with Gasteiger partial charge in [-0.1, -0.05) is 12.1 Å². The van der Waals surface area contributed by atoms with Gasteiger partial charge in [0.25, 0.3) is 11.8 Å². The van der Waals surface area contributed by atoms with Crippen LogP contribution >= 0.6 is 15.9 Å². The number of carbonyl (C=O) groups is 2. The van der Waals surface area contributed by atoms with Crippen molar-refractivity contribution in [2.45, 2.75) is 0 Å². The van der Waals surface area contributed by atoms with Crippen LogP contribution in [0.5, 0.6) is 0 Å². The van der Waals surface area contributed by atoms with Crippen LogP contribution in [0.3, 0.4) is 0 Å². The van der Waals surface area contributed by atoms with Crippen LogP contribution in [0.2, 0.25) is 0 Å². The summed E-state index contributed by atoms with van der Waals surface area (Å²) in [5.41, 5.74) is 0.849. The molecule has 1 aliphatic heterocycles. The molecule has 0 spiro atoms. The van der Waals surface area contributed by atoms with Gasteiger partial charge in [0.05, 0.1) is 24.5 Å². The van der Waals surface area contributed by atoms with Crippen molar-refractivity contribution in [2.24, 2.45) is 0 Å². The van der Waals surface area contributed by atoms with Crippen LogP contribution in [0.25, 0.3) is 0 Å². The van der Waals surface area contributed by atoms with Crippen molar-refractivity contribution in [2.75, 3.05) is 44.7 Å². The molecule has 1 aliphatic rings. The standard InChI is InChI=1S/C18H20BrN3O4/c19-16-6-5-15(26-16)18(24)21-14-4-2-1-3-13(14)17(23)20-7-8-22-9-11-25-12-10-22/h1-6H,7-12H2,(H,20,23)(H,21,24). The molecule has 0 unspecified atom stereocenters. The lowest BCUT2D eigenvalue weighted by Gasteiger charge is -2.26. The molecule has 1 aromatic carbocycles. The fourth-order valence-electron chi connectivity index (χ4n) is 2.66. The molecule has 2 heterocycles. The van der Waals surface area contributed by atoms with E-state index in [1.165, 1.54) is 0 Å². The molecule has 0 radical (unpaired) electrons. The number of furan rings is 1. The molecule has 0 saturated carbocycles. The van der Waals surface area contributed by atoms with Crippen molar-refractivity contribution >= 4 is 33.4 Å². The molecule has 2 N–H and O–H groups in total. The maximum atomic E-state index is 12.5. The van der Waals surface area contributed by atoms with Gasteiger partial charge in [0.15, 0.2) is 10.4 Å². The van der Waals surface area contributed by atoms with Gasteiger partial charge in [-0.2, -0.15) is 0 Å². The number of hydrogen-bond acceptors (Lipinski definition) is 5. The first kappa shape index (κ1) is 18.6. The van der Waals surface area contributed by atoms with E-state index >= 15 is 0 Å². The Bertz CT molecular complexity index is 771. The first-order chi connectivity index (χ1) is 12.6. The number of carbonyl (C=O) groups excluding carboxylic acids is 2. The molecule has 1 saturated heterocycles. The van der Waals surface area contributed by atoms with Gasteiger partial charge in [-0.3, -0.25) is 14.5 Å². The summed E-state index contributed by atoms with van der Waals surface area (Å²) >= 11 is 3.16. The highest BCUT2D eigenvalue weighted by atomic mass is 79.9. The molecule has 2 amide bonds. The zero-order valence-electron chi connectivity index (χ0n) is 14.2. The Morgan fingerprint density at radius 3 is 2.58 bits per heavy atom. The molecule has 0 atom stereocenters. The van der Waals surface area contributed by atoms with Crippen molar-refractivity contribution in [3.05, 3.63) is 52.4 Å². The number of rotatable bonds is 6. The SMILES string of the molecule is O=C(Nc1ccccc1C(=O)NCCN1CCOCC1)c1ccc(Br)o1. The van der Waals surface area contributed by atoms with Gasteiger partial charge in [0.1, 0.15) is 0 Å². The molecule has 0 bridgehead atoms. The highest BCUT2D eigenvalue weighted by Crippen LogP contribution is 2.19. The van der Waals surface area contributed by atoms with E-state index in [9.17, 15) is 9.59 Å². The third kappa shape index (κ3) is 4.94. The Balaban J connectivity index is 1.58. The number of amides is 2. The Hall–Kier alpha value is -2.16. The second-order valence-corrected chi connectivity index (χ2v) is 6.59. The van der Waals surface area contributed by atoms with Gasteiger partial charge >= 0.3 is 0 Å². The van der Waals surface area contributed by atoms with E-state index in [-0.39, 0.29) is 11.7 Å². The minimum Gasteiger partial charge on any atom is -0.444 e. The zero-order chi connectivity index (χ0) is 18.4. The number of halogens is 1. The lowest BCUT2D eigenvalue weighted by molar-refractivity contribution is 0.0383. The molecule has 26 heavy (non-hydrogen) atoms. The van der Waals surface area contributed by atoms with E-state index in [2.05, 4.69) is 31.5 Å². The molecule has 1 aromatic heterocycles. The second kappa shape index (κ2) is 8.98. The van der Waals surface area contributed by atoms with Crippen molar-refractivity contribution in [1.82, 2.24) is 10.2 Å². The van der Waals surface area contributed by atoms with E-state index in [1.807, 2.05) is 0 Å². The van der Waals surface area contributed by atoms with Crippen LogP contribution in [-0.2, 0) is 4.74 Å². The Kier molecular flexibility index (Phi) is 6.43. The van der Waals surface area contributed by atoms with Crippen LogP contribution < -0.4 is 10.6 Å². The summed E-state index contributed by atoms with van der Waals surface area (Å²) in [7, 11) is 0. The van der Waals surface area contributed by atoms with Crippen LogP contribution in [0.15, 0.2) is 45.5 Å². The predicted octanol–water partition coefficient (Wildman–Crippen LogP) is 2.36. The van der Waals surface area contributed by atoms with Gasteiger partial charge < -0.3 is 19.8 Å². The quantitative estimate of drug-likeness (QED) is 0.747. The average molecular weight is 422 g/mol. The summed E-state index contributed by atoms with van der Waals surface area (Å²) in [6, 6.07) is 10.1. The monoisotopic (exact) mass is 421 g/mol. The summed E-state index contributed by atoms with van der Waals surface area (Å²) < 4.78 is 11.0. The van der Waals surface area contributed by atoms with Crippen molar-refractivity contribution in [1.29, 1.82) is 0 Å². The Labute approximate surface area is 159 Å². The van der Waals surface area contributed by atoms with Crippen molar-refractivity contribution < 1.29 is 18.7 Å². The summed E-state index contributed by atoms with van der Waals surface area (Å²) in [4.78, 5) is 27.0. The number of ether oxygens (including phenoxy) is 1. The molecule has 0 aliphatic carbocycles. The molecular formula is C18H20BrN3O4. The summed E-state index contributed by atoms with van der Waals surface area (Å²) in [6.45, 7) is 4.51. The van der Waals surface area contributed by atoms with Crippen LogP contribution in [0, 0.1) is 0 Å². The second-order valence-electron chi connectivity index (χ2n) is 5.81. The lowest BCUT2D eigenvalue weighted by atomic mass is 10.1. The lowest BCUT2D eigenvalue weighted by Crippen LogP contribution is -2.41. The smallest absolute Gasteiger partial charge is 0.291 e. The third-order valence-electron chi connectivity index (χ3n) is 4.03. The third-order valence-corrected chi connectivity index (χ3v) is 4.46. The topological polar surface area (TPSA) is 83.8 Å². The molecule has 2 aromatic rings. The molecule has 8 heteroatoms. The number of hydrogen-bond donors (Lipinski definition) is 2. The van der Waals surface area contributed by atoms with Crippen molar-refractivity contribution in [3.63, 3.8) is 0 Å². The van der Waals surface area contributed by atoms with Gasteiger partial charge in [-0.25, -0.2) is 0 Å². The first-order valence-electron chi connectivity index (χ1n) is 8.37. The maximum absolute atomic E-state index is 12.5. The normalized spacial score (nSPS) is 14.8. The van der Waals surface area contributed by atoms with Crippen molar-refractivity contribution in [3.8, 4) is 0 Å². The minimum atomic E-state index is -0.413. The summed E-state index contributed by atoms with van der Waals surface area (Å²) in [6.07, 6.45) is 0. The predicted molar refractivity (Wildman–Crippen MR) is 100 cm³/mol. The number of benzene rings is 1. The molecule has 1 fully saturated rings. The van der Waals surface area contributed by atoms with Gasteiger partial charge in [-0.05, 0) is 40.2 Å². The molecule has 138 valence electrons. The molecule has 7 nitrogen and oxygen atoms in total. The first-order valence-corrected chi connectivity index (χ1v) is 9.17. The maximum Gasteiger partial charge on any atom is 0.291 e. The van der Waals surface area contributed by atoms with Crippen LogP contribution in [0.4, 0.5) is 5.69 Å². The highest BCUT2D eigenvalue weighted by molar-refractivity contribution is 9.10. The number of morpholine rings is 1. The minimum absolute atomic E-state index is 0.166. The molecular weight excluding hydrogens is 402 g/mol. The van der Waals surface area contributed by atoms with Gasteiger partial charge in [-0.15, -0.1) is 0 Å². The fourth-order valence-corrected chi connectivity index (χ4v) is 2.96. The number of nitrogens with zero attached hydrogens (tertiary/aromatic N) is 1. The van der Waals surface area contributed by atoms with E-state index in [4.69, 9.17) is 9.15 Å². The van der Waals surface area contributed by atoms with E-state index in [1.54, 1.807) is 36.4 Å². The number of anilines is 1. The highest BCUT2D eigenvalue weighted by Gasteiger charge is 2.16. The van der Waals surface area contributed by atoms with E-state index in [0.29, 0.717) is 22.5 Å². The van der Waals surface area contributed by atoms with E-state index in [0.717, 1.165) is 32.8 Å². The average Bonchev–Trinajstić information content (AvgIpc) is 3.09. The Morgan fingerprint density at radius 2 is 1.85 bits per heavy atom. The summed E-state index contributed by atoms with van der Waals surface area (Å²) in [5, 5.41) is 5.62. The number of nitrogens with one attached hydrogen (secondary N) is 2. The largest absolute Gasteiger partial charge is 0.444 e. The van der Waals surface area contributed by atoms with Crippen LogP contribution in [-0.4, -0.2) is 56.1 Å². The van der Waals surface area contributed by atoms with Gasteiger partial charge in [0, 0.05) is 26.2 Å². The zero-order valence-corrected chi connectivity index (χ0v) is 15.8.